The number of nitrogens with zero attached hydrogens (tertiary/aromatic N) is 1. The third-order valence-electron chi connectivity index (χ3n) is 2.84. The van der Waals surface area contributed by atoms with Gasteiger partial charge in [0.2, 0.25) is 0 Å². The molecule has 0 heterocycles. The fourth-order valence-corrected chi connectivity index (χ4v) is 1.90. The summed E-state index contributed by atoms with van der Waals surface area (Å²) in [7, 11) is 0. The molecule has 1 saturated carbocycles. The van der Waals surface area contributed by atoms with Crippen LogP contribution in [0.15, 0.2) is 30.3 Å². The topological polar surface area (TPSA) is 23.8 Å². The van der Waals surface area contributed by atoms with Crippen molar-refractivity contribution >= 4 is 0 Å². The van der Waals surface area contributed by atoms with Gasteiger partial charge in [0, 0.05) is 0 Å². The molecule has 15 heavy (non-hydrogen) atoms. The Morgan fingerprint density at radius 2 is 1.87 bits per heavy atom. The summed E-state index contributed by atoms with van der Waals surface area (Å²) in [6.45, 7) is 0. The molecule has 0 unspecified atom stereocenters. The van der Waals surface area contributed by atoms with E-state index in [4.69, 9.17) is 5.26 Å². The van der Waals surface area contributed by atoms with Gasteiger partial charge in [0.25, 0.3) is 0 Å². The molecule has 2 atom stereocenters. The summed E-state index contributed by atoms with van der Waals surface area (Å²) in [6, 6.07) is 9.99. The van der Waals surface area contributed by atoms with Crippen molar-refractivity contribution in [3.8, 4) is 6.07 Å². The van der Waals surface area contributed by atoms with Gasteiger partial charge in [-0.15, -0.1) is 0 Å². The van der Waals surface area contributed by atoms with E-state index in [1.54, 1.807) is 36.4 Å². The van der Waals surface area contributed by atoms with Gasteiger partial charge < -0.3 is 0 Å². The van der Waals surface area contributed by atoms with Crippen LogP contribution in [0.1, 0.15) is 12.0 Å². The lowest BCUT2D eigenvalue weighted by Crippen LogP contribution is -2.19. The first-order valence-electron chi connectivity index (χ1n) is 4.54. The van der Waals surface area contributed by atoms with Gasteiger partial charge in [-0.3, -0.25) is 0 Å². The molecule has 0 spiro atoms. The van der Waals surface area contributed by atoms with Gasteiger partial charge >= 0.3 is 6.18 Å². The van der Waals surface area contributed by atoms with Gasteiger partial charge in [-0.2, -0.15) is 18.4 Å². The molecule has 1 aromatic rings. The molecule has 1 aliphatic carbocycles. The number of rotatable bonds is 1. The summed E-state index contributed by atoms with van der Waals surface area (Å²) in [4.78, 5) is 0. The maximum Gasteiger partial charge on any atom is 0.393 e. The quantitative estimate of drug-likeness (QED) is 0.700. The van der Waals surface area contributed by atoms with Crippen molar-refractivity contribution in [1.29, 1.82) is 5.26 Å². The van der Waals surface area contributed by atoms with E-state index in [-0.39, 0.29) is 6.42 Å². The second kappa shape index (κ2) is 2.99. The van der Waals surface area contributed by atoms with Crippen molar-refractivity contribution in [2.45, 2.75) is 18.0 Å². The minimum absolute atomic E-state index is 0.114. The largest absolute Gasteiger partial charge is 0.393 e. The molecule has 0 N–H and O–H groups in total. The Labute approximate surface area is 85.1 Å². The second-order valence-corrected chi connectivity index (χ2v) is 3.75. The number of hydrogen-bond acceptors (Lipinski definition) is 1. The van der Waals surface area contributed by atoms with Gasteiger partial charge in [0.05, 0.1) is 17.4 Å². The van der Waals surface area contributed by atoms with E-state index >= 15 is 0 Å². The lowest BCUT2D eigenvalue weighted by molar-refractivity contribution is -0.150. The zero-order valence-corrected chi connectivity index (χ0v) is 7.75. The molecule has 0 radical (unpaired) electrons. The summed E-state index contributed by atoms with van der Waals surface area (Å²) in [5, 5.41) is 8.89. The molecular formula is C11H8F3N. The molecule has 1 aromatic carbocycles. The van der Waals surface area contributed by atoms with Crippen LogP contribution >= 0.6 is 0 Å². The lowest BCUT2D eigenvalue weighted by atomic mass is 9.95. The third-order valence-corrected chi connectivity index (χ3v) is 2.84. The molecule has 0 amide bonds. The highest BCUT2D eigenvalue weighted by atomic mass is 19.4. The maximum absolute atomic E-state index is 12.5. The number of hydrogen-bond donors (Lipinski definition) is 0. The standard InChI is InChI=1S/C11H8F3N/c12-11(13,14)9-6-10(9,7-15)8-4-2-1-3-5-8/h1-5,9H,6H2/t9-,10-/m1/s1. The Kier molecular flexibility index (Phi) is 2.00. The Hall–Kier alpha value is -1.50. The lowest BCUT2D eigenvalue weighted by Gasteiger charge is -2.11. The van der Waals surface area contributed by atoms with Gasteiger partial charge in [-0.05, 0) is 12.0 Å². The van der Waals surface area contributed by atoms with E-state index in [0.29, 0.717) is 5.56 Å². The number of halogens is 3. The highest BCUT2D eigenvalue weighted by Gasteiger charge is 2.68. The predicted octanol–water partition coefficient (Wildman–Crippen LogP) is 3.03. The molecule has 0 aromatic heterocycles. The minimum Gasteiger partial charge on any atom is -0.197 e. The van der Waals surface area contributed by atoms with Crippen LogP contribution in [-0.2, 0) is 5.41 Å². The summed E-state index contributed by atoms with van der Waals surface area (Å²) < 4.78 is 37.4. The first-order valence-corrected chi connectivity index (χ1v) is 4.54. The van der Waals surface area contributed by atoms with Crippen molar-refractivity contribution in [2.24, 2.45) is 5.92 Å². The van der Waals surface area contributed by atoms with E-state index in [1.165, 1.54) is 0 Å². The minimum atomic E-state index is -4.27. The normalized spacial score (nSPS) is 29.6. The molecular weight excluding hydrogens is 203 g/mol. The van der Waals surface area contributed by atoms with Crippen LogP contribution in [0.25, 0.3) is 0 Å². The molecule has 0 bridgehead atoms. The van der Waals surface area contributed by atoms with Crippen LogP contribution in [-0.4, -0.2) is 6.18 Å². The predicted molar refractivity (Wildman–Crippen MR) is 47.9 cm³/mol. The van der Waals surface area contributed by atoms with Gasteiger partial charge in [0.1, 0.15) is 0 Å². The van der Waals surface area contributed by atoms with Gasteiger partial charge in [-0.1, -0.05) is 30.3 Å². The fourth-order valence-electron chi connectivity index (χ4n) is 1.90. The average Bonchev–Trinajstić information content (AvgIpc) is 2.94. The summed E-state index contributed by atoms with van der Waals surface area (Å²) in [6.07, 6.45) is -4.39. The van der Waals surface area contributed by atoms with Crippen molar-refractivity contribution in [1.82, 2.24) is 0 Å². The van der Waals surface area contributed by atoms with Crippen LogP contribution in [0, 0.1) is 17.2 Å². The zero-order chi connectivity index (χ0) is 11.1. The molecule has 78 valence electrons. The average molecular weight is 211 g/mol. The molecule has 4 heteroatoms. The molecule has 0 aliphatic heterocycles. The van der Waals surface area contributed by atoms with Crippen LogP contribution in [0.5, 0.6) is 0 Å². The molecule has 2 rings (SSSR count). The monoisotopic (exact) mass is 211 g/mol. The van der Waals surface area contributed by atoms with Crippen molar-refractivity contribution < 1.29 is 13.2 Å². The highest BCUT2D eigenvalue weighted by molar-refractivity contribution is 5.42. The number of alkyl halides is 3. The summed E-state index contributed by atoms with van der Waals surface area (Å²) in [5.41, 5.74) is -0.866. The Bertz CT molecular complexity index is 404. The van der Waals surface area contributed by atoms with E-state index in [0.717, 1.165) is 0 Å². The smallest absolute Gasteiger partial charge is 0.197 e. The van der Waals surface area contributed by atoms with Crippen molar-refractivity contribution in [3.05, 3.63) is 35.9 Å². The fraction of sp³-hybridized carbons (Fsp3) is 0.364. The highest BCUT2D eigenvalue weighted by Crippen LogP contribution is 2.60. The SMILES string of the molecule is N#C[C@@]1(c2ccccc2)C[C@H]1C(F)(F)F. The number of benzene rings is 1. The second-order valence-electron chi connectivity index (χ2n) is 3.75. The summed E-state index contributed by atoms with van der Waals surface area (Å²) >= 11 is 0. The maximum atomic E-state index is 12.5. The Morgan fingerprint density at radius 1 is 1.27 bits per heavy atom. The number of nitriles is 1. The third kappa shape index (κ3) is 1.48. The van der Waals surface area contributed by atoms with E-state index in [9.17, 15) is 13.2 Å². The van der Waals surface area contributed by atoms with Crippen LogP contribution < -0.4 is 0 Å². The molecule has 1 fully saturated rings. The van der Waals surface area contributed by atoms with Crippen LogP contribution in [0.2, 0.25) is 0 Å². The van der Waals surface area contributed by atoms with Gasteiger partial charge in [0.15, 0.2) is 0 Å². The van der Waals surface area contributed by atoms with Crippen LogP contribution in [0.4, 0.5) is 13.2 Å². The summed E-state index contributed by atoms with van der Waals surface area (Å²) in [5.74, 6) is -1.50. The Balaban J connectivity index is 2.34. The molecule has 0 saturated heterocycles. The molecule has 1 aliphatic rings. The first-order chi connectivity index (χ1) is 7.00. The first kappa shape index (κ1) is 10.0. The van der Waals surface area contributed by atoms with Gasteiger partial charge in [-0.25, -0.2) is 0 Å². The van der Waals surface area contributed by atoms with Crippen molar-refractivity contribution in [3.63, 3.8) is 0 Å². The van der Waals surface area contributed by atoms with E-state index < -0.39 is 17.5 Å². The van der Waals surface area contributed by atoms with Crippen LogP contribution in [0.3, 0.4) is 0 Å². The Morgan fingerprint density at radius 3 is 2.27 bits per heavy atom. The van der Waals surface area contributed by atoms with Crippen molar-refractivity contribution in [2.75, 3.05) is 0 Å². The van der Waals surface area contributed by atoms with E-state index in [1.807, 2.05) is 0 Å². The molecule has 1 nitrogen and oxygen atoms in total. The zero-order valence-electron chi connectivity index (χ0n) is 7.75. The van der Waals surface area contributed by atoms with E-state index in [2.05, 4.69) is 0 Å².